The Kier molecular flexibility index (Phi) is 6.35. The molecule has 1 atom stereocenters. The third-order valence-corrected chi connectivity index (χ3v) is 6.58. The van der Waals surface area contributed by atoms with Gasteiger partial charge < -0.3 is 9.80 Å². The second-order valence-corrected chi connectivity index (χ2v) is 9.50. The van der Waals surface area contributed by atoms with E-state index in [4.69, 9.17) is 11.6 Å². The van der Waals surface area contributed by atoms with Gasteiger partial charge in [0.25, 0.3) is 5.91 Å². The highest BCUT2D eigenvalue weighted by molar-refractivity contribution is 6.30. The first kappa shape index (κ1) is 21.8. The maximum atomic E-state index is 13.4. The summed E-state index contributed by atoms with van der Waals surface area (Å²) >= 11 is 5.96. The Morgan fingerprint density at radius 3 is 2.35 bits per heavy atom. The molecular weight excluding hydrogens is 410 g/mol. The zero-order valence-electron chi connectivity index (χ0n) is 18.2. The average Bonchev–Trinajstić information content (AvgIpc) is 3.00. The topological polar surface area (TPSA) is 52.7 Å². The molecule has 0 radical (unpaired) electrons. The number of rotatable bonds is 5. The number of piperidine rings is 1. The average molecular weight is 440 g/mol. The SMILES string of the molecule is CC(C)CN1C(=O)[C@H](Cc2ccccc2)NC12CCN(C(=O)c1ccc(Cl)cc1)CC2. The number of nitrogens with zero attached hydrogens (tertiary/aromatic N) is 2. The summed E-state index contributed by atoms with van der Waals surface area (Å²) in [6.45, 7) is 6.25. The summed E-state index contributed by atoms with van der Waals surface area (Å²) in [5.41, 5.74) is 1.43. The van der Waals surface area contributed by atoms with E-state index in [9.17, 15) is 9.59 Å². The van der Waals surface area contributed by atoms with Crippen molar-refractivity contribution in [1.82, 2.24) is 15.1 Å². The van der Waals surface area contributed by atoms with Crippen molar-refractivity contribution in [2.75, 3.05) is 19.6 Å². The Morgan fingerprint density at radius 1 is 1.10 bits per heavy atom. The molecule has 0 aliphatic carbocycles. The highest BCUT2D eigenvalue weighted by Crippen LogP contribution is 2.34. The lowest BCUT2D eigenvalue weighted by atomic mass is 9.94. The zero-order chi connectivity index (χ0) is 22.0. The molecule has 2 saturated heterocycles. The Balaban J connectivity index is 1.49. The molecule has 31 heavy (non-hydrogen) atoms. The molecule has 2 heterocycles. The van der Waals surface area contributed by atoms with Gasteiger partial charge in [0.1, 0.15) is 0 Å². The lowest BCUT2D eigenvalue weighted by molar-refractivity contribution is -0.134. The van der Waals surface area contributed by atoms with E-state index in [-0.39, 0.29) is 23.5 Å². The molecule has 0 saturated carbocycles. The molecule has 1 N–H and O–H groups in total. The Morgan fingerprint density at radius 2 is 1.74 bits per heavy atom. The van der Waals surface area contributed by atoms with E-state index >= 15 is 0 Å². The summed E-state index contributed by atoms with van der Waals surface area (Å²) in [4.78, 5) is 30.2. The number of nitrogens with one attached hydrogen (secondary N) is 1. The minimum absolute atomic E-state index is 0.0204. The second kappa shape index (κ2) is 9.01. The van der Waals surface area contributed by atoms with Gasteiger partial charge in [-0.15, -0.1) is 0 Å². The molecule has 6 heteroatoms. The van der Waals surface area contributed by atoms with Crippen LogP contribution in [0.25, 0.3) is 0 Å². The Bertz CT molecular complexity index is 922. The summed E-state index contributed by atoms with van der Waals surface area (Å²) < 4.78 is 0. The maximum Gasteiger partial charge on any atom is 0.253 e. The molecule has 2 aromatic carbocycles. The van der Waals surface area contributed by atoms with Crippen molar-refractivity contribution >= 4 is 23.4 Å². The number of halogens is 1. The van der Waals surface area contributed by atoms with Crippen molar-refractivity contribution in [3.63, 3.8) is 0 Å². The van der Waals surface area contributed by atoms with E-state index < -0.39 is 0 Å². The summed E-state index contributed by atoms with van der Waals surface area (Å²) in [6, 6.07) is 17.0. The molecule has 4 rings (SSSR count). The molecule has 2 aliphatic rings. The van der Waals surface area contributed by atoms with Crippen LogP contribution < -0.4 is 5.32 Å². The number of hydrogen-bond donors (Lipinski definition) is 1. The highest BCUT2D eigenvalue weighted by Gasteiger charge is 2.51. The molecule has 2 amide bonds. The smallest absolute Gasteiger partial charge is 0.253 e. The predicted octanol–water partition coefficient (Wildman–Crippen LogP) is 3.97. The van der Waals surface area contributed by atoms with Crippen molar-refractivity contribution in [1.29, 1.82) is 0 Å². The molecule has 0 bridgehead atoms. The van der Waals surface area contributed by atoms with Gasteiger partial charge in [0.05, 0.1) is 11.7 Å². The fourth-order valence-electron chi connectivity index (χ4n) is 4.75. The number of likely N-dealkylation sites (tertiary alicyclic amines) is 1. The van der Waals surface area contributed by atoms with Crippen LogP contribution in [-0.2, 0) is 11.2 Å². The molecule has 2 aromatic rings. The highest BCUT2D eigenvalue weighted by atomic mass is 35.5. The lowest BCUT2D eigenvalue weighted by Crippen LogP contribution is -2.60. The summed E-state index contributed by atoms with van der Waals surface area (Å²) in [7, 11) is 0. The van der Waals surface area contributed by atoms with Gasteiger partial charge in [-0.05, 0) is 42.2 Å². The molecule has 5 nitrogen and oxygen atoms in total. The van der Waals surface area contributed by atoms with Gasteiger partial charge in [0.15, 0.2) is 0 Å². The number of amides is 2. The standard InChI is InChI=1S/C25H30ClN3O2/c1-18(2)17-29-24(31)22(16-19-6-4-3-5-7-19)27-25(29)12-14-28(15-13-25)23(30)20-8-10-21(26)11-9-20/h3-11,18,22,27H,12-17H2,1-2H3/t22-/m0/s1. The number of carbonyl (C=O) groups excluding carboxylic acids is 2. The summed E-state index contributed by atoms with van der Waals surface area (Å²) in [6.07, 6.45) is 2.15. The molecule has 1 spiro atoms. The second-order valence-electron chi connectivity index (χ2n) is 9.06. The number of hydrogen-bond acceptors (Lipinski definition) is 3. The molecule has 0 unspecified atom stereocenters. The van der Waals surface area contributed by atoms with Crippen LogP contribution >= 0.6 is 11.6 Å². The van der Waals surface area contributed by atoms with Crippen molar-refractivity contribution < 1.29 is 9.59 Å². The fraction of sp³-hybridized carbons (Fsp3) is 0.440. The predicted molar refractivity (Wildman–Crippen MR) is 123 cm³/mol. The molecule has 2 fully saturated rings. The van der Waals surface area contributed by atoms with Crippen LogP contribution in [0.15, 0.2) is 54.6 Å². The van der Waals surface area contributed by atoms with Crippen molar-refractivity contribution in [2.45, 2.75) is 44.8 Å². The Hall–Kier alpha value is -2.37. The zero-order valence-corrected chi connectivity index (χ0v) is 18.9. The number of carbonyl (C=O) groups is 2. The minimum atomic E-state index is -0.377. The van der Waals surface area contributed by atoms with Crippen LogP contribution in [0.5, 0.6) is 0 Å². The van der Waals surface area contributed by atoms with E-state index in [1.54, 1.807) is 24.3 Å². The van der Waals surface area contributed by atoms with E-state index in [0.29, 0.717) is 36.0 Å². The van der Waals surface area contributed by atoms with Crippen molar-refractivity contribution in [3.8, 4) is 0 Å². The van der Waals surface area contributed by atoms with E-state index in [1.165, 1.54) is 0 Å². The minimum Gasteiger partial charge on any atom is -0.338 e. The van der Waals surface area contributed by atoms with Crippen LogP contribution in [-0.4, -0.2) is 53.0 Å². The van der Waals surface area contributed by atoms with E-state index in [0.717, 1.165) is 24.9 Å². The molecule has 2 aliphatic heterocycles. The van der Waals surface area contributed by atoms with Crippen LogP contribution in [0, 0.1) is 5.92 Å². The van der Waals surface area contributed by atoms with Crippen LogP contribution in [0.1, 0.15) is 42.6 Å². The van der Waals surface area contributed by atoms with E-state index in [2.05, 4.69) is 36.2 Å². The van der Waals surface area contributed by atoms with Crippen molar-refractivity contribution in [3.05, 3.63) is 70.7 Å². The largest absolute Gasteiger partial charge is 0.338 e. The van der Waals surface area contributed by atoms with Crippen LogP contribution in [0.4, 0.5) is 0 Å². The third-order valence-electron chi connectivity index (χ3n) is 6.32. The quantitative estimate of drug-likeness (QED) is 0.766. The van der Waals surface area contributed by atoms with Crippen molar-refractivity contribution in [2.24, 2.45) is 5.92 Å². The maximum absolute atomic E-state index is 13.4. The first-order valence-corrected chi connectivity index (χ1v) is 11.4. The fourth-order valence-corrected chi connectivity index (χ4v) is 4.88. The molecule has 0 aromatic heterocycles. The van der Waals surface area contributed by atoms with Crippen LogP contribution in [0.2, 0.25) is 5.02 Å². The normalized spacial score (nSPS) is 20.6. The summed E-state index contributed by atoms with van der Waals surface area (Å²) in [5.74, 6) is 0.578. The molecular formula is C25H30ClN3O2. The van der Waals surface area contributed by atoms with Gasteiger partial charge in [0, 0.05) is 43.1 Å². The van der Waals surface area contributed by atoms with Gasteiger partial charge in [-0.3, -0.25) is 14.9 Å². The van der Waals surface area contributed by atoms with Gasteiger partial charge >= 0.3 is 0 Å². The Labute approximate surface area is 189 Å². The third kappa shape index (κ3) is 4.63. The first-order valence-electron chi connectivity index (χ1n) is 11.1. The van der Waals surface area contributed by atoms with Gasteiger partial charge in [-0.1, -0.05) is 55.8 Å². The monoisotopic (exact) mass is 439 g/mol. The van der Waals surface area contributed by atoms with Gasteiger partial charge in [-0.2, -0.15) is 0 Å². The number of benzene rings is 2. The first-order chi connectivity index (χ1) is 14.9. The lowest BCUT2D eigenvalue weighted by Gasteiger charge is -2.45. The van der Waals surface area contributed by atoms with Gasteiger partial charge in [0.2, 0.25) is 5.91 Å². The summed E-state index contributed by atoms with van der Waals surface area (Å²) in [5, 5.41) is 4.31. The van der Waals surface area contributed by atoms with Gasteiger partial charge in [-0.25, -0.2) is 0 Å². The van der Waals surface area contributed by atoms with E-state index in [1.807, 2.05) is 23.1 Å². The van der Waals surface area contributed by atoms with Crippen LogP contribution in [0.3, 0.4) is 0 Å². The molecule has 164 valence electrons.